The van der Waals surface area contributed by atoms with Crippen molar-refractivity contribution in [2.45, 2.75) is 13.0 Å². The standard InChI is InChI=1S/C23H20N4O3S/c28-21(24-18-7-3-5-15-4-1-2-6-17(15)18)13-27-10-8-19-20(12-27)31-23(25-19)26-22(29)16-9-11-30-14-16/h1-7,9,11,14H,8,10,12-13H2,(H,24,28)(H,25,26,29). The van der Waals surface area contributed by atoms with Crippen molar-refractivity contribution in [3.8, 4) is 0 Å². The number of thiazole rings is 1. The fourth-order valence-corrected chi connectivity index (χ4v) is 4.77. The van der Waals surface area contributed by atoms with E-state index in [1.54, 1.807) is 6.07 Å². The van der Waals surface area contributed by atoms with Crippen LogP contribution in [0.1, 0.15) is 20.9 Å². The van der Waals surface area contributed by atoms with E-state index in [0.29, 0.717) is 23.8 Å². The lowest BCUT2D eigenvalue weighted by molar-refractivity contribution is -0.117. The number of furan rings is 1. The molecule has 2 N–H and O–H groups in total. The summed E-state index contributed by atoms with van der Waals surface area (Å²) in [5.41, 5.74) is 2.26. The van der Waals surface area contributed by atoms with Gasteiger partial charge in [0.15, 0.2) is 5.13 Å². The molecule has 7 nitrogen and oxygen atoms in total. The number of carbonyl (C=O) groups is 2. The smallest absolute Gasteiger partial charge is 0.260 e. The topological polar surface area (TPSA) is 87.5 Å². The summed E-state index contributed by atoms with van der Waals surface area (Å²) in [6, 6.07) is 15.5. The summed E-state index contributed by atoms with van der Waals surface area (Å²) < 4.78 is 4.95. The molecule has 0 saturated carbocycles. The number of nitrogens with one attached hydrogen (secondary N) is 2. The highest BCUT2D eigenvalue weighted by Gasteiger charge is 2.23. The van der Waals surface area contributed by atoms with Gasteiger partial charge in [-0.25, -0.2) is 4.98 Å². The Balaban J connectivity index is 1.22. The Labute approximate surface area is 182 Å². The van der Waals surface area contributed by atoms with Gasteiger partial charge in [0.1, 0.15) is 6.26 Å². The van der Waals surface area contributed by atoms with Gasteiger partial charge in [0.05, 0.1) is 24.1 Å². The summed E-state index contributed by atoms with van der Waals surface area (Å²) in [6.07, 6.45) is 3.61. The molecule has 0 saturated heterocycles. The summed E-state index contributed by atoms with van der Waals surface area (Å²) in [4.78, 5) is 32.6. The van der Waals surface area contributed by atoms with Gasteiger partial charge in [-0.05, 0) is 17.5 Å². The van der Waals surface area contributed by atoms with Gasteiger partial charge < -0.3 is 9.73 Å². The predicted molar refractivity (Wildman–Crippen MR) is 120 cm³/mol. The highest BCUT2D eigenvalue weighted by atomic mass is 32.1. The van der Waals surface area contributed by atoms with Crippen molar-refractivity contribution in [2.75, 3.05) is 23.7 Å². The van der Waals surface area contributed by atoms with Gasteiger partial charge in [0.2, 0.25) is 5.91 Å². The summed E-state index contributed by atoms with van der Waals surface area (Å²) in [7, 11) is 0. The van der Waals surface area contributed by atoms with Gasteiger partial charge >= 0.3 is 0 Å². The first-order chi connectivity index (χ1) is 15.2. The fraction of sp³-hybridized carbons (Fsp3) is 0.174. The zero-order valence-electron chi connectivity index (χ0n) is 16.6. The number of fused-ring (bicyclic) bond motifs is 2. The minimum Gasteiger partial charge on any atom is -0.472 e. The second kappa shape index (κ2) is 8.33. The SMILES string of the molecule is O=C(CN1CCc2nc(NC(=O)c3ccoc3)sc2C1)Nc1cccc2ccccc12. The maximum absolute atomic E-state index is 12.7. The van der Waals surface area contributed by atoms with Crippen LogP contribution in [0.25, 0.3) is 10.8 Å². The van der Waals surface area contributed by atoms with Gasteiger partial charge in [-0.15, -0.1) is 11.3 Å². The molecule has 2 aromatic heterocycles. The Bertz CT molecular complexity index is 1240. The molecule has 2 aromatic carbocycles. The Morgan fingerprint density at radius 1 is 1.10 bits per heavy atom. The summed E-state index contributed by atoms with van der Waals surface area (Å²) in [6.45, 7) is 1.68. The highest BCUT2D eigenvalue weighted by molar-refractivity contribution is 7.15. The van der Waals surface area contributed by atoms with E-state index in [1.807, 2.05) is 42.5 Å². The first kappa shape index (κ1) is 19.5. The van der Waals surface area contributed by atoms with Crippen molar-refractivity contribution in [2.24, 2.45) is 0 Å². The number of anilines is 2. The number of rotatable bonds is 5. The Kier molecular flexibility index (Phi) is 5.23. The molecule has 0 aliphatic carbocycles. The zero-order chi connectivity index (χ0) is 21.2. The van der Waals surface area contributed by atoms with Gasteiger partial charge in [0.25, 0.3) is 5.91 Å². The van der Waals surface area contributed by atoms with Crippen molar-refractivity contribution >= 4 is 44.7 Å². The molecule has 3 heterocycles. The Hall–Kier alpha value is -3.49. The quantitative estimate of drug-likeness (QED) is 0.495. The molecule has 1 aliphatic heterocycles. The average molecular weight is 433 g/mol. The third kappa shape index (κ3) is 4.21. The van der Waals surface area contributed by atoms with Crippen LogP contribution >= 0.6 is 11.3 Å². The number of amides is 2. The van der Waals surface area contributed by atoms with Crippen LogP contribution < -0.4 is 10.6 Å². The van der Waals surface area contributed by atoms with E-state index in [0.717, 1.165) is 40.0 Å². The van der Waals surface area contributed by atoms with Crippen LogP contribution in [0, 0.1) is 0 Å². The maximum Gasteiger partial charge on any atom is 0.260 e. The van der Waals surface area contributed by atoms with Crippen LogP contribution in [-0.2, 0) is 17.8 Å². The van der Waals surface area contributed by atoms with Crippen molar-refractivity contribution in [3.63, 3.8) is 0 Å². The largest absolute Gasteiger partial charge is 0.472 e. The molecule has 0 fully saturated rings. The third-order valence-electron chi connectivity index (χ3n) is 5.25. The molecule has 0 unspecified atom stereocenters. The first-order valence-corrected chi connectivity index (χ1v) is 10.8. The molecule has 0 bridgehead atoms. The Morgan fingerprint density at radius 2 is 1.97 bits per heavy atom. The normalized spacial score (nSPS) is 13.7. The van der Waals surface area contributed by atoms with E-state index in [-0.39, 0.29) is 11.8 Å². The van der Waals surface area contributed by atoms with E-state index in [4.69, 9.17) is 4.42 Å². The van der Waals surface area contributed by atoms with Crippen LogP contribution in [0.4, 0.5) is 10.8 Å². The van der Waals surface area contributed by atoms with Crippen molar-refractivity contribution < 1.29 is 14.0 Å². The average Bonchev–Trinajstić information content (AvgIpc) is 3.43. The van der Waals surface area contributed by atoms with Crippen LogP contribution in [0.5, 0.6) is 0 Å². The lowest BCUT2D eigenvalue weighted by atomic mass is 10.1. The van der Waals surface area contributed by atoms with Crippen LogP contribution in [0.2, 0.25) is 0 Å². The second-order valence-corrected chi connectivity index (χ2v) is 8.47. The minimum absolute atomic E-state index is 0.0437. The molecule has 1 aliphatic rings. The molecule has 8 heteroatoms. The van der Waals surface area contributed by atoms with Crippen molar-refractivity contribution in [1.82, 2.24) is 9.88 Å². The van der Waals surface area contributed by atoms with Crippen LogP contribution in [0.15, 0.2) is 65.5 Å². The summed E-state index contributed by atoms with van der Waals surface area (Å²) >= 11 is 1.45. The summed E-state index contributed by atoms with van der Waals surface area (Å²) in [5.74, 6) is -0.288. The molecule has 4 aromatic rings. The van der Waals surface area contributed by atoms with Crippen molar-refractivity contribution in [3.05, 3.63) is 77.2 Å². The molecule has 31 heavy (non-hydrogen) atoms. The molecular weight excluding hydrogens is 412 g/mol. The van der Waals surface area contributed by atoms with E-state index in [1.165, 1.54) is 23.9 Å². The van der Waals surface area contributed by atoms with Crippen LogP contribution in [0.3, 0.4) is 0 Å². The second-order valence-electron chi connectivity index (χ2n) is 7.39. The van der Waals surface area contributed by atoms with E-state index < -0.39 is 0 Å². The minimum atomic E-state index is -0.244. The number of benzene rings is 2. The Morgan fingerprint density at radius 3 is 2.84 bits per heavy atom. The number of carbonyl (C=O) groups excluding carboxylic acids is 2. The number of hydrogen-bond donors (Lipinski definition) is 2. The summed E-state index contributed by atoms with van der Waals surface area (Å²) in [5, 5.41) is 8.55. The molecule has 5 rings (SSSR count). The third-order valence-corrected chi connectivity index (χ3v) is 6.24. The van der Waals surface area contributed by atoms with E-state index >= 15 is 0 Å². The number of nitrogens with zero attached hydrogens (tertiary/aromatic N) is 2. The molecule has 0 spiro atoms. The molecule has 156 valence electrons. The monoisotopic (exact) mass is 432 g/mol. The fourth-order valence-electron chi connectivity index (χ4n) is 3.73. The van der Waals surface area contributed by atoms with Crippen molar-refractivity contribution in [1.29, 1.82) is 0 Å². The van der Waals surface area contributed by atoms with E-state index in [9.17, 15) is 9.59 Å². The lowest BCUT2D eigenvalue weighted by Gasteiger charge is -2.25. The van der Waals surface area contributed by atoms with Gasteiger partial charge in [-0.3, -0.25) is 19.8 Å². The van der Waals surface area contributed by atoms with Gasteiger partial charge in [0, 0.05) is 35.5 Å². The molecule has 0 radical (unpaired) electrons. The van der Waals surface area contributed by atoms with Crippen LogP contribution in [-0.4, -0.2) is 34.8 Å². The zero-order valence-corrected chi connectivity index (χ0v) is 17.4. The number of aromatic nitrogens is 1. The predicted octanol–water partition coefficient (Wildman–Crippen LogP) is 4.14. The highest BCUT2D eigenvalue weighted by Crippen LogP contribution is 2.29. The maximum atomic E-state index is 12.7. The first-order valence-electron chi connectivity index (χ1n) is 9.98. The molecular formula is C23H20N4O3S. The van der Waals surface area contributed by atoms with Gasteiger partial charge in [-0.1, -0.05) is 36.4 Å². The molecule has 2 amide bonds. The lowest BCUT2D eigenvalue weighted by Crippen LogP contribution is -2.36. The van der Waals surface area contributed by atoms with Gasteiger partial charge in [-0.2, -0.15) is 0 Å². The number of hydrogen-bond acceptors (Lipinski definition) is 6. The molecule has 0 atom stereocenters. The van der Waals surface area contributed by atoms with E-state index in [2.05, 4.69) is 20.5 Å².